The fourth-order valence-corrected chi connectivity index (χ4v) is 2.14. The zero-order valence-electron chi connectivity index (χ0n) is 13.0. The highest BCUT2D eigenvalue weighted by Gasteiger charge is 2.21. The Labute approximate surface area is 137 Å². The van der Waals surface area contributed by atoms with Crippen LogP contribution in [0, 0.1) is 11.6 Å². The van der Waals surface area contributed by atoms with Crippen molar-refractivity contribution in [3.8, 4) is 5.69 Å². The van der Waals surface area contributed by atoms with Crippen LogP contribution >= 0.6 is 0 Å². The fourth-order valence-electron chi connectivity index (χ4n) is 2.14. The normalized spacial score (nSPS) is 12.0. The molecule has 2 rings (SSSR count). The molecule has 2 aromatic rings. The van der Waals surface area contributed by atoms with Crippen LogP contribution in [0.5, 0.6) is 0 Å². The molecule has 0 spiro atoms. The predicted molar refractivity (Wildman–Crippen MR) is 81.9 cm³/mol. The largest absolute Gasteiger partial charge is 0.480 e. The van der Waals surface area contributed by atoms with E-state index >= 15 is 0 Å². The maximum atomic E-state index is 13.7. The summed E-state index contributed by atoms with van der Waals surface area (Å²) in [6.07, 6.45) is 3.11. The summed E-state index contributed by atoms with van der Waals surface area (Å²) < 4.78 is 27.7. The van der Waals surface area contributed by atoms with Crippen LogP contribution < -0.4 is 5.32 Å². The Morgan fingerprint density at radius 1 is 1.33 bits per heavy atom. The van der Waals surface area contributed by atoms with Crippen molar-refractivity contribution in [1.29, 1.82) is 0 Å². The number of carbonyl (C=O) groups excluding carboxylic acids is 1. The van der Waals surface area contributed by atoms with E-state index in [-0.39, 0.29) is 11.4 Å². The highest BCUT2D eigenvalue weighted by atomic mass is 19.1. The van der Waals surface area contributed by atoms with Crippen molar-refractivity contribution in [3.05, 3.63) is 47.8 Å². The smallest absolute Gasteiger partial charge is 0.326 e. The van der Waals surface area contributed by atoms with Crippen LogP contribution in [0.1, 0.15) is 36.7 Å². The third-order valence-corrected chi connectivity index (χ3v) is 3.43. The van der Waals surface area contributed by atoms with Crippen LogP contribution in [-0.2, 0) is 4.79 Å². The minimum absolute atomic E-state index is 0.0174. The second-order valence-electron chi connectivity index (χ2n) is 5.25. The molecule has 0 aliphatic rings. The van der Waals surface area contributed by atoms with Crippen molar-refractivity contribution in [3.63, 3.8) is 0 Å². The van der Waals surface area contributed by atoms with E-state index in [0.29, 0.717) is 18.9 Å². The van der Waals surface area contributed by atoms with Crippen LogP contribution in [0.15, 0.2) is 30.5 Å². The van der Waals surface area contributed by atoms with Gasteiger partial charge in [0.05, 0.1) is 0 Å². The van der Waals surface area contributed by atoms with Gasteiger partial charge < -0.3 is 10.4 Å². The van der Waals surface area contributed by atoms with E-state index in [1.165, 1.54) is 18.3 Å². The van der Waals surface area contributed by atoms with Crippen LogP contribution in [0.4, 0.5) is 8.78 Å². The first-order valence-electron chi connectivity index (χ1n) is 7.47. The summed E-state index contributed by atoms with van der Waals surface area (Å²) in [5, 5.41) is 15.4. The van der Waals surface area contributed by atoms with Gasteiger partial charge in [0.15, 0.2) is 11.5 Å². The van der Waals surface area contributed by atoms with Gasteiger partial charge in [-0.25, -0.2) is 18.3 Å². The summed E-state index contributed by atoms with van der Waals surface area (Å²) >= 11 is 0. The minimum atomic E-state index is -1.12. The Kier molecular flexibility index (Phi) is 5.62. The Bertz CT molecular complexity index is 746. The molecule has 8 heteroatoms. The summed E-state index contributed by atoms with van der Waals surface area (Å²) in [7, 11) is 0. The number of halogens is 2. The van der Waals surface area contributed by atoms with E-state index < -0.39 is 29.6 Å². The number of nitrogens with zero attached hydrogens (tertiary/aromatic N) is 2. The molecule has 24 heavy (non-hydrogen) atoms. The number of nitrogens with one attached hydrogen (secondary N) is 1. The quantitative estimate of drug-likeness (QED) is 0.813. The molecule has 0 saturated carbocycles. The second kappa shape index (κ2) is 7.67. The molecule has 1 heterocycles. The van der Waals surface area contributed by atoms with Gasteiger partial charge in [-0.15, -0.1) is 0 Å². The van der Waals surface area contributed by atoms with Gasteiger partial charge in [0.1, 0.15) is 17.5 Å². The average Bonchev–Trinajstić information content (AvgIpc) is 3.00. The van der Waals surface area contributed by atoms with E-state index in [0.717, 1.165) is 17.2 Å². The molecule has 0 aliphatic carbocycles. The molecule has 0 radical (unpaired) electrons. The number of benzene rings is 1. The molecule has 1 aromatic carbocycles. The highest BCUT2D eigenvalue weighted by molar-refractivity contribution is 5.94. The Hall–Kier alpha value is -2.77. The first kappa shape index (κ1) is 17.6. The summed E-state index contributed by atoms with van der Waals surface area (Å²) in [6, 6.07) is 3.30. The predicted octanol–water partition coefficient (Wildman–Crippen LogP) is 2.52. The third kappa shape index (κ3) is 4.15. The molecule has 1 atom stereocenters. The van der Waals surface area contributed by atoms with Crippen LogP contribution in [0.3, 0.4) is 0 Å². The number of carbonyl (C=O) groups is 2. The Balaban J connectivity index is 2.14. The topological polar surface area (TPSA) is 84.2 Å². The number of amides is 1. The second-order valence-corrected chi connectivity index (χ2v) is 5.25. The van der Waals surface area contributed by atoms with Crippen molar-refractivity contribution in [2.24, 2.45) is 0 Å². The van der Waals surface area contributed by atoms with E-state index in [1.54, 1.807) is 0 Å². The molecule has 0 bridgehead atoms. The van der Waals surface area contributed by atoms with Crippen molar-refractivity contribution in [2.75, 3.05) is 0 Å². The Morgan fingerprint density at radius 3 is 2.71 bits per heavy atom. The SMILES string of the molecule is CCCC[C@H](NC(=O)c1ccn(-c2ccc(F)cc2F)n1)C(=O)O. The summed E-state index contributed by atoms with van der Waals surface area (Å²) in [5.41, 5.74) is -0.0716. The first-order valence-corrected chi connectivity index (χ1v) is 7.47. The third-order valence-electron chi connectivity index (χ3n) is 3.43. The van der Waals surface area contributed by atoms with Crippen molar-refractivity contribution in [2.45, 2.75) is 32.2 Å². The van der Waals surface area contributed by atoms with E-state index in [4.69, 9.17) is 5.11 Å². The number of aliphatic carboxylic acids is 1. The summed E-state index contributed by atoms with van der Waals surface area (Å²) in [5.74, 6) is -3.33. The molecule has 128 valence electrons. The highest BCUT2D eigenvalue weighted by Crippen LogP contribution is 2.14. The lowest BCUT2D eigenvalue weighted by atomic mass is 10.1. The van der Waals surface area contributed by atoms with E-state index in [2.05, 4.69) is 10.4 Å². The fraction of sp³-hybridized carbons (Fsp3) is 0.312. The van der Waals surface area contributed by atoms with E-state index in [9.17, 15) is 18.4 Å². The molecular formula is C16H17F2N3O3. The standard InChI is InChI=1S/C16H17F2N3O3/c1-2-3-4-13(16(23)24)19-15(22)12-7-8-21(20-12)14-6-5-10(17)9-11(14)18/h5-9,13H,2-4H2,1H3,(H,19,22)(H,23,24)/t13-/m0/s1. The summed E-state index contributed by atoms with van der Waals surface area (Å²) in [6.45, 7) is 1.92. The number of hydrogen-bond acceptors (Lipinski definition) is 3. The lowest BCUT2D eigenvalue weighted by Crippen LogP contribution is -2.40. The molecule has 6 nitrogen and oxygen atoms in total. The Morgan fingerprint density at radius 2 is 2.08 bits per heavy atom. The molecule has 2 N–H and O–H groups in total. The first-order chi connectivity index (χ1) is 11.4. The van der Waals surface area contributed by atoms with Crippen molar-refractivity contribution in [1.82, 2.24) is 15.1 Å². The number of unbranched alkanes of at least 4 members (excludes halogenated alkanes) is 1. The van der Waals surface area contributed by atoms with Gasteiger partial charge in [-0.05, 0) is 24.6 Å². The number of carboxylic acid groups (broad SMARTS) is 1. The van der Waals surface area contributed by atoms with Gasteiger partial charge in [-0.3, -0.25) is 4.79 Å². The van der Waals surface area contributed by atoms with Gasteiger partial charge in [0.25, 0.3) is 5.91 Å². The molecule has 0 unspecified atom stereocenters. The maximum absolute atomic E-state index is 13.7. The number of hydrogen-bond donors (Lipinski definition) is 2. The average molecular weight is 337 g/mol. The van der Waals surface area contributed by atoms with E-state index in [1.807, 2.05) is 6.92 Å². The number of carboxylic acids is 1. The van der Waals surface area contributed by atoms with Gasteiger partial charge >= 0.3 is 5.97 Å². The van der Waals surface area contributed by atoms with Crippen LogP contribution in [0.25, 0.3) is 5.69 Å². The molecular weight excluding hydrogens is 320 g/mol. The zero-order valence-corrected chi connectivity index (χ0v) is 13.0. The van der Waals surface area contributed by atoms with Crippen LogP contribution in [-0.4, -0.2) is 32.8 Å². The number of rotatable bonds is 7. The monoisotopic (exact) mass is 337 g/mol. The molecule has 0 fully saturated rings. The van der Waals surface area contributed by atoms with Gasteiger partial charge in [0, 0.05) is 12.3 Å². The molecule has 0 saturated heterocycles. The lowest BCUT2D eigenvalue weighted by molar-refractivity contribution is -0.139. The van der Waals surface area contributed by atoms with Gasteiger partial charge in [-0.2, -0.15) is 5.10 Å². The molecule has 0 aliphatic heterocycles. The van der Waals surface area contributed by atoms with Crippen molar-refractivity contribution < 1.29 is 23.5 Å². The molecule has 1 amide bonds. The maximum Gasteiger partial charge on any atom is 0.326 e. The van der Waals surface area contributed by atoms with Gasteiger partial charge in [0.2, 0.25) is 0 Å². The summed E-state index contributed by atoms with van der Waals surface area (Å²) in [4.78, 5) is 23.3. The minimum Gasteiger partial charge on any atom is -0.480 e. The molecule has 1 aromatic heterocycles. The number of aromatic nitrogens is 2. The lowest BCUT2D eigenvalue weighted by Gasteiger charge is -2.12. The zero-order chi connectivity index (χ0) is 17.7. The van der Waals surface area contributed by atoms with Gasteiger partial charge in [-0.1, -0.05) is 19.8 Å². The van der Waals surface area contributed by atoms with Crippen LogP contribution in [0.2, 0.25) is 0 Å². The van der Waals surface area contributed by atoms with Crippen molar-refractivity contribution >= 4 is 11.9 Å².